The summed E-state index contributed by atoms with van der Waals surface area (Å²) in [6.45, 7) is -0.305. The minimum absolute atomic E-state index is 0.152. The van der Waals surface area contributed by atoms with E-state index in [0.29, 0.717) is 12.8 Å². The van der Waals surface area contributed by atoms with Crippen LogP contribution in [0.3, 0.4) is 0 Å². The molecule has 0 radical (unpaired) electrons. The Morgan fingerprint density at radius 1 is 0.923 bits per heavy atom. The molecule has 138 valence electrons. The summed E-state index contributed by atoms with van der Waals surface area (Å²) in [7, 11) is -4.37. The zero-order valence-electron chi connectivity index (χ0n) is 13.6. The number of sulfonamides is 1. The van der Waals surface area contributed by atoms with E-state index in [-0.39, 0.29) is 36.7 Å². The van der Waals surface area contributed by atoms with Gasteiger partial charge >= 0.3 is 0 Å². The Kier molecular flexibility index (Phi) is 3.96. The maximum absolute atomic E-state index is 13.8. The lowest BCUT2D eigenvalue weighted by atomic mass is 9.85. The second-order valence-electron chi connectivity index (χ2n) is 6.73. The molecule has 1 aliphatic carbocycles. The normalized spacial score (nSPS) is 26.9. The standard InChI is InChI=1S/C17H16F2N2O4S/c18-13-6-3-7-14(19)15(13)26(24,25)20-8-10(9-20)21-16(22)11-4-1-2-5-12(11)17(21)23/h1-3,6-7,10-12H,4-5,8-9H2. The smallest absolute Gasteiger partial charge is 0.249 e. The fourth-order valence-corrected chi connectivity index (χ4v) is 5.44. The Morgan fingerprint density at radius 2 is 1.42 bits per heavy atom. The molecule has 2 unspecified atom stereocenters. The van der Waals surface area contributed by atoms with E-state index in [1.54, 1.807) is 0 Å². The summed E-state index contributed by atoms with van der Waals surface area (Å²) in [4.78, 5) is 25.1. The van der Waals surface area contributed by atoms with Crippen LogP contribution in [0.1, 0.15) is 12.8 Å². The molecule has 0 bridgehead atoms. The van der Waals surface area contributed by atoms with Gasteiger partial charge in [-0.05, 0) is 25.0 Å². The highest BCUT2D eigenvalue weighted by Gasteiger charge is 2.53. The van der Waals surface area contributed by atoms with Crippen molar-refractivity contribution in [2.24, 2.45) is 11.8 Å². The number of imide groups is 1. The van der Waals surface area contributed by atoms with Crippen LogP contribution in [0.5, 0.6) is 0 Å². The molecule has 0 saturated carbocycles. The largest absolute Gasteiger partial charge is 0.276 e. The van der Waals surface area contributed by atoms with Crippen LogP contribution in [-0.2, 0) is 19.6 Å². The zero-order valence-corrected chi connectivity index (χ0v) is 14.5. The number of likely N-dealkylation sites (tertiary alicyclic amines) is 1. The van der Waals surface area contributed by atoms with Crippen LogP contribution in [0.15, 0.2) is 35.2 Å². The van der Waals surface area contributed by atoms with Crippen molar-refractivity contribution in [1.29, 1.82) is 0 Å². The molecular weight excluding hydrogens is 366 g/mol. The first-order chi connectivity index (χ1) is 12.3. The predicted octanol–water partition coefficient (Wildman–Crippen LogP) is 1.29. The van der Waals surface area contributed by atoms with Gasteiger partial charge in [0.25, 0.3) is 0 Å². The Bertz CT molecular complexity index is 878. The quantitative estimate of drug-likeness (QED) is 0.583. The Balaban J connectivity index is 1.52. The summed E-state index contributed by atoms with van der Waals surface area (Å²) in [5.41, 5.74) is 0. The number of hydrogen-bond donors (Lipinski definition) is 0. The van der Waals surface area contributed by atoms with E-state index in [1.807, 2.05) is 12.2 Å². The number of hydrogen-bond acceptors (Lipinski definition) is 4. The highest BCUT2D eigenvalue weighted by Crippen LogP contribution is 2.38. The zero-order chi connectivity index (χ0) is 18.6. The molecule has 26 heavy (non-hydrogen) atoms. The average Bonchev–Trinajstić information content (AvgIpc) is 2.79. The van der Waals surface area contributed by atoms with Crippen LogP contribution in [-0.4, -0.2) is 48.6 Å². The molecule has 6 nitrogen and oxygen atoms in total. The van der Waals surface area contributed by atoms with Gasteiger partial charge in [-0.1, -0.05) is 18.2 Å². The van der Waals surface area contributed by atoms with Crippen molar-refractivity contribution in [2.45, 2.75) is 23.8 Å². The van der Waals surface area contributed by atoms with Crippen LogP contribution >= 0.6 is 0 Å². The van der Waals surface area contributed by atoms with Gasteiger partial charge in [0, 0.05) is 13.1 Å². The number of allylic oxidation sites excluding steroid dienone is 2. The Morgan fingerprint density at radius 3 is 1.92 bits per heavy atom. The van der Waals surface area contributed by atoms with Gasteiger partial charge in [-0.15, -0.1) is 0 Å². The predicted molar refractivity (Wildman–Crippen MR) is 86.1 cm³/mol. The molecule has 3 aliphatic rings. The van der Waals surface area contributed by atoms with Crippen LogP contribution < -0.4 is 0 Å². The SMILES string of the molecule is O=C1C2CC=CCC2C(=O)N1C1CN(S(=O)(=O)c2c(F)cccc2F)C1. The minimum atomic E-state index is -4.37. The molecule has 2 saturated heterocycles. The summed E-state index contributed by atoms with van der Waals surface area (Å²) in [5.74, 6) is -3.69. The van der Waals surface area contributed by atoms with Crippen molar-refractivity contribution in [2.75, 3.05) is 13.1 Å². The third kappa shape index (κ3) is 2.41. The van der Waals surface area contributed by atoms with Gasteiger partial charge in [0.15, 0.2) is 4.90 Å². The van der Waals surface area contributed by atoms with Crippen LogP contribution in [0.4, 0.5) is 8.78 Å². The van der Waals surface area contributed by atoms with Gasteiger partial charge in [0.2, 0.25) is 21.8 Å². The molecule has 1 aromatic carbocycles. The van der Waals surface area contributed by atoms with Gasteiger partial charge in [0.1, 0.15) is 11.6 Å². The molecule has 0 spiro atoms. The molecule has 0 aromatic heterocycles. The number of fused-ring (bicyclic) bond motifs is 1. The molecule has 2 amide bonds. The van der Waals surface area contributed by atoms with E-state index >= 15 is 0 Å². The van der Waals surface area contributed by atoms with Crippen molar-refractivity contribution < 1.29 is 26.8 Å². The number of halogens is 2. The molecule has 2 aliphatic heterocycles. The van der Waals surface area contributed by atoms with E-state index in [0.717, 1.165) is 27.4 Å². The molecular formula is C17H16F2N2O4S. The maximum atomic E-state index is 13.8. The Hall–Kier alpha value is -2.13. The number of amides is 2. The summed E-state index contributed by atoms with van der Waals surface area (Å²) in [5, 5.41) is 0. The van der Waals surface area contributed by atoms with Gasteiger partial charge in [-0.2, -0.15) is 4.31 Å². The second kappa shape index (κ2) is 5.95. The number of rotatable bonds is 3. The molecule has 4 rings (SSSR count). The molecule has 9 heteroatoms. The third-order valence-corrected chi connectivity index (χ3v) is 7.14. The summed E-state index contributed by atoms with van der Waals surface area (Å²) < 4.78 is 53.5. The molecule has 2 atom stereocenters. The monoisotopic (exact) mass is 382 g/mol. The molecule has 2 fully saturated rings. The van der Waals surface area contributed by atoms with Gasteiger partial charge in [0.05, 0.1) is 17.9 Å². The number of carbonyl (C=O) groups is 2. The van der Waals surface area contributed by atoms with E-state index in [1.165, 1.54) is 0 Å². The van der Waals surface area contributed by atoms with E-state index in [4.69, 9.17) is 0 Å². The number of nitrogens with zero attached hydrogens (tertiary/aromatic N) is 2. The van der Waals surface area contributed by atoms with Crippen molar-refractivity contribution in [3.63, 3.8) is 0 Å². The molecule has 2 heterocycles. The van der Waals surface area contributed by atoms with Crippen LogP contribution in [0.25, 0.3) is 0 Å². The van der Waals surface area contributed by atoms with Crippen molar-refractivity contribution in [3.8, 4) is 0 Å². The van der Waals surface area contributed by atoms with Crippen molar-refractivity contribution >= 4 is 21.8 Å². The van der Waals surface area contributed by atoms with E-state index in [9.17, 15) is 26.8 Å². The van der Waals surface area contributed by atoms with Crippen molar-refractivity contribution in [3.05, 3.63) is 42.0 Å². The van der Waals surface area contributed by atoms with Gasteiger partial charge in [-0.25, -0.2) is 17.2 Å². The average molecular weight is 382 g/mol. The lowest BCUT2D eigenvalue weighted by Crippen LogP contribution is -2.62. The molecule has 1 aromatic rings. The maximum Gasteiger partial charge on any atom is 0.249 e. The summed E-state index contributed by atoms with van der Waals surface area (Å²) in [6, 6.07) is 2.24. The van der Waals surface area contributed by atoms with Gasteiger partial charge in [-0.3, -0.25) is 14.5 Å². The fourth-order valence-electron chi connectivity index (χ4n) is 3.82. The summed E-state index contributed by atoms with van der Waals surface area (Å²) in [6.07, 6.45) is 4.74. The number of benzene rings is 1. The van der Waals surface area contributed by atoms with Gasteiger partial charge < -0.3 is 0 Å². The number of carbonyl (C=O) groups excluding carboxylic acids is 2. The van der Waals surface area contributed by atoms with E-state index in [2.05, 4.69) is 0 Å². The van der Waals surface area contributed by atoms with E-state index < -0.39 is 32.6 Å². The van der Waals surface area contributed by atoms with Crippen molar-refractivity contribution in [1.82, 2.24) is 9.21 Å². The van der Waals surface area contributed by atoms with Crippen LogP contribution in [0.2, 0.25) is 0 Å². The highest BCUT2D eigenvalue weighted by molar-refractivity contribution is 7.89. The molecule has 0 N–H and O–H groups in total. The lowest BCUT2D eigenvalue weighted by molar-refractivity contribution is -0.145. The topological polar surface area (TPSA) is 74.8 Å². The Labute approximate surface area is 149 Å². The minimum Gasteiger partial charge on any atom is -0.276 e. The first-order valence-electron chi connectivity index (χ1n) is 8.28. The van der Waals surface area contributed by atoms with Crippen LogP contribution in [0, 0.1) is 23.5 Å². The summed E-state index contributed by atoms with van der Waals surface area (Å²) >= 11 is 0. The lowest BCUT2D eigenvalue weighted by Gasteiger charge is -2.42. The third-order valence-electron chi connectivity index (χ3n) is 5.25. The fraction of sp³-hybridized carbons (Fsp3) is 0.412. The highest BCUT2D eigenvalue weighted by atomic mass is 32.2. The first-order valence-corrected chi connectivity index (χ1v) is 9.72. The second-order valence-corrected chi connectivity index (χ2v) is 8.60. The first kappa shape index (κ1) is 17.3.